The molecular formula is C13H9FN2O6S. The highest BCUT2D eigenvalue weighted by Crippen LogP contribution is 2.20. The monoisotopic (exact) mass is 340 g/mol. The second-order valence-electron chi connectivity index (χ2n) is 4.40. The normalized spacial score (nSPS) is 11.2. The SMILES string of the molecule is O=C(O)C(=O)CC(=O)c1cc(S(=O)(=O)c2ccc(F)cc2)[nH]n1. The van der Waals surface area contributed by atoms with Gasteiger partial charge in [-0.15, -0.1) is 0 Å². The van der Waals surface area contributed by atoms with Gasteiger partial charge in [-0.25, -0.2) is 17.6 Å². The summed E-state index contributed by atoms with van der Waals surface area (Å²) in [6, 6.07) is 4.89. The summed E-state index contributed by atoms with van der Waals surface area (Å²) in [7, 11) is -4.05. The van der Waals surface area contributed by atoms with Crippen molar-refractivity contribution in [3.63, 3.8) is 0 Å². The number of carbonyl (C=O) groups excluding carboxylic acids is 2. The molecule has 2 N–H and O–H groups in total. The highest BCUT2D eigenvalue weighted by molar-refractivity contribution is 7.91. The number of Topliss-reactive ketones (excluding diaryl/α,β-unsaturated/α-hetero) is 2. The van der Waals surface area contributed by atoms with Crippen molar-refractivity contribution in [1.29, 1.82) is 0 Å². The number of carbonyl (C=O) groups is 3. The minimum Gasteiger partial charge on any atom is -0.475 e. The van der Waals surface area contributed by atoms with Gasteiger partial charge in [0.05, 0.1) is 11.3 Å². The first-order chi connectivity index (χ1) is 10.7. The molecule has 2 rings (SSSR count). The van der Waals surface area contributed by atoms with Crippen LogP contribution in [0.2, 0.25) is 0 Å². The lowest BCUT2D eigenvalue weighted by Gasteiger charge is -2.00. The standard InChI is InChI=1S/C13H9FN2O6S/c14-7-1-3-8(4-2-7)23(21,22)12-5-9(15-16-12)10(17)6-11(18)13(19)20/h1-5H,6H2,(H,15,16)(H,19,20). The fourth-order valence-corrected chi connectivity index (χ4v) is 2.82. The molecule has 0 radical (unpaired) electrons. The maximum atomic E-state index is 12.8. The maximum Gasteiger partial charge on any atom is 0.372 e. The minimum atomic E-state index is -4.05. The molecule has 0 saturated carbocycles. The van der Waals surface area contributed by atoms with Crippen molar-refractivity contribution in [2.75, 3.05) is 0 Å². The second-order valence-corrected chi connectivity index (χ2v) is 6.32. The number of hydrogen-bond acceptors (Lipinski definition) is 6. The van der Waals surface area contributed by atoms with Crippen LogP contribution in [0.3, 0.4) is 0 Å². The summed E-state index contributed by atoms with van der Waals surface area (Å²) < 4.78 is 37.3. The number of aliphatic carboxylic acids is 1. The highest BCUT2D eigenvalue weighted by atomic mass is 32.2. The van der Waals surface area contributed by atoms with Crippen LogP contribution in [0.15, 0.2) is 40.3 Å². The largest absolute Gasteiger partial charge is 0.475 e. The van der Waals surface area contributed by atoms with E-state index in [9.17, 15) is 27.2 Å². The zero-order valence-electron chi connectivity index (χ0n) is 11.3. The molecule has 1 aromatic heterocycles. The summed E-state index contributed by atoms with van der Waals surface area (Å²) in [5.41, 5.74) is -0.389. The van der Waals surface area contributed by atoms with Gasteiger partial charge in [0.2, 0.25) is 15.6 Å². The molecule has 1 aromatic carbocycles. The molecule has 0 fully saturated rings. The summed E-state index contributed by atoms with van der Waals surface area (Å²) in [5.74, 6) is -4.65. The Bertz CT molecular complexity index is 885. The summed E-state index contributed by atoms with van der Waals surface area (Å²) in [4.78, 5) is 32.8. The number of rotatable bonds is 6. The van der Waals surface area contributed by atoms with Gasteiger partial charge in [-0.05, 0) is 24.3 Å². The van der Waals surface area contributed by atoms with Crippen LogP contribution in [0, 0.1) is 5.82 Å². The van der Waals surface area contributed by atoms with E-state index < -0.39 is 44.6 Å². The van der Waals surface area contributed by atoms with Gasteiger partial charge in [-0.2, -0.15) is 5.10 Å². The Labute approximate surface area is 128 Å². The van der Waals surface area contributed by atoms with Crippen LogP contribution in [0.5, 0.6) is 0 Å². The first-order valence-electron chi connectivity index (χ1n) is 6.07. The van der Waals surface area contributed by atoms with Crippen molar-refractivity contribution in [2.24, 2.45) is 0 Å². The Morgan fingerprint density at radius 2 is 1.78 bits per heavy atom. The molecule has 0 unspecified atom stereocenters. The predicted octanol–water partition coefficient (Wildman–Crippen LogP) is 0.608. The summed E-state index contributed by atoms with van der Waals surface area (Å²) in [6.45, 7) is 0. The number of aromatic nitrogens is 2. The Morgan fingerprint density at radius 3 is 2.35 bits per heavy atom. The smallest absolute Gasteiger partial charge is 0.372 e. The fraction of sp³-hybridized carbons (Fsp3) is 0.0769. The Morgan fingerprint density at radius 1 is 1.17 bits per heavy atom. The number of ketones is 2. The van der Waals surface area contributed by atoms with Crippen LogP contribution in [-0.2, 0) is 19.4 Å². The maximum absolute atomic E-state index is 12.8. The van der Waals surface area contributed by atoms with E-state index in [1.807, 2.05) is 0 Å². The molecule has 0 saturated heterocycles. The molecule has 0 amide bonds. The number of halogens is 1. The molecule has 2 aromatic rings. The molecule has 8 nitrogen and oxygen atoms in total. The number of sulfone groups is 1. The zero-order chi connectivity index (χ0) is 17.2. The third-order valence-electron chi connectivity index (χ3n) is 2.81. The van der Waals surface area contributed by atoms with Gasteiger partial charge in [0.1, 0.15) is 11.5 Å². The molecule has 0 atom stereocenters. The molecule has 0 aliphatic carbocycles. The summed E-state index contributed by atoms with van der Waals surface area (Å²) in [5, 5.41) is 13.6. The number of H-pyrrole nitrogens is 1. The average molecular weight is 340 g/mol. The Balaban J connectivity index is 2.28. The number of hydrogen-bond donors (Lipinski definition) is 2. The van der Waals surface area contributed by atoms with Crippen LogP contribution in [-0.4, -0.2) is 41.3 Å². The van der Waals surface area contributed by atoms with E-state index in [4.69, 9.17) is 5.11 Å². The van der Waals surface area contributed by atoms with Crippen LogP contribution < -0.4 is 0 Å². The highest BCUT2D eigenvalue weighted by Gasteiger charge is 2.24. The number of carboxylic acid groups (broad SMARTS) is 1. The van der Waals surface area contributed by atoms with Gasteiger partial charge < -0.3 is 5.11 Å². The lowest BCUT2D eigenvalue weighted by molar-refractivity contribution is -0.148. The van der Waals surface area contributed by atoms with E-state index >= 15 is 0 Å². The summed E-state index contributed by atoms with van der Waals surface area (Å²) in [6.07, 6.45) is -0.934. The van der Waals surface area contributed by atoms with E-state index in [0.717, 1.165) is 30.3 Å². The minimum absolute atomic E-state index is 0.219. The van der Waals surface area contributed by atoms with Gasteiger partial charge in [0.25, 0.3) is 0 Å². The van der Waals surface area contributed by atoms with Crippen molar-refractivity contribution < 1.29 is 32.3 Å². The van der Waals surface area contributed by atoms with Gasteiger partial charge in [0.15, 0.2) is 10.8 Å². The predicted molar refractivity (Wildman–Crippen MR) is 72.0 cm³/mol. The van der Waals surface area contributed by atoms with Crippen LogP contribution in [0.25, 0.3) is 0 Å². The molecule has 10 heteroatoms. The van der Waals surface area contributed by atoms with Crippen molar-refractivity contribution >= 4 is 27.4 Å². The first-order valence-corrected chi connectivity index (χ1v) is 7.55. The number of benzene rings is 1. The molecule has 120 valence electrons. The molecule has 0 bridgehead atoms. The number of nitrogens with zero attached hydrogens (tertiary/aromatic N) is 1. The van der Waals surface area contributed by atoms with Crippen LogP contribution >= 0.6 is 0 Å². The zero-order valence-corrected chi connectivity index (χ0v) is 12.1. The molecule has 23 heavy (non-hydrogen) atoms. The van der Waals surface area contributed by atoms with Gasteiger partial charge >= 0.3 is 5.97 Å². The Hall–Kier alpha value is -2.88. The third-order valence-corrected chi connectivity index (χ3v) is 4.49. The lowest BCUT2D eigenvalue weighted by Crippen LogP contribution is -2.17. The Kier molecular flexibility index (Phi) is 4.36. The number of aromatic amines is 1. The molecule has 0 aliphatic rings. The van der Waals surface area contributed by atoms with Crippen LogP contribution in [0.1, 0.15) is 16.9 Å². The van der Waals surface area contributed by atoms with Gasteiger partial charge in [0, 0.05) is 6.07 Å². The van der Waals surface area contributed by atoms with E-state index in [1.54, 1.807) is 0 Å². The van der Waals surface area contributed by atoms with Crippen molar-refractivity contribution in [2.45, 2.75) is 16.3 Å². The molecule has 1 heterocycles. The van der Waals surface area contributed by atoms with E-state index in [1.165, 1.54) is 0 Å². The van der Waals surface area contributed by atoms with E-state index in [0.29, 0.717) is 0 Å². The topological polar surface area (TPSA) is 134 Å². The second kappa shape index (κ2) is 6.08. The number of nitrogens with one attached hydrogen (secondary N) is 1. The van der Waals surface area contributed by atoms with Gasteiger partial charge in [-0.3, -0.25) is 14.7 Å². The molecular weight excluding hydrogens is 331 g/mol. The van der Waals surface area contributed by atoms with Crippen molar-refractivity contribution in [3.05, 3.63) is 41.8 Å². The number of carboxylic acids is 1. The van der Waals surface area contributed by atoms with Gasteiger partial charge in [-0.1, -0.05) is 0 Å². The van der Waals surface area contributed by atoms with Crippen molar-refractivity contribution in [3.8, 4) is 0 Å². The summed E-state index contributed by atoms with van der Waals surface area (Å²) >= 11 is 0. The van der Waals surface area contributed by atoms with E-state index in [-0.39, 0.29) is 10.6 Å². The van der Waals surface area contributed by atoms with Crippen LogP contribution in [0.4, 0.5) is 4.39 Å². The first kappa shape index (κ1) is 16.5. The molecule has 0 aliphatic heterocycles. The fourth-order valence-electron chi connectivity index (χ4n) is 1.64. The third kappa shape index (κ3) is 3.48. The average Bonchev–Trinajstić information content (AvgIpc) is 2.98. The van der Waals surface area contributed by atoms with Crippen molar-refractivity contribution in [1.82, 2.24) is 10.2 Å². The molecule has 0 spiro atoms. The lowest BCUT2D eigenvalue weighted by atomic mass is 10.1. The van der Waals surface area contributed by atoms with E-state index in [2.05, 4.69) is 10.2 Å². The quantitative estimate of drug-likeness (QED) is 0.340.